The van der Waals surface area contributed by atoms with E-state index in [1.807, 2.05) is 89.6 Å². The maximum atomic E-state index is 6.51. The van der Waals surface area contributed by atoms with Crippen LogP contribution in [0.3, 0.4) is 0 Å². The average Bonchev–Trinajstić information content (AvgIpc) is 3.72. The van der Waals surface area contributed by atoms with E-state index >= 15 is 0 Å². The van der Waals surface area contributed by atoms with E-state index in [2.05, 4.69) is 83.1 Å². The van der Waals surface area contributed by atoms with Crippen LogP contribution in [0.1, 0.15) is 0 Å². The fourth-order valence-corrected chi connectivity index (χ4v) is 7.02. The maximum absolute atomic E-state index is 6.51. The fourth-order valence-electron chi connectivity index (χ4n) is 5.98. The first-order valence-electron chi connectivity index (χ1n) is 15.9. The molecule has 4 heterocycles. The van der Waals surface area contributed by atoms with Gasteiger partial charge in [0.25, 0.3) is 0 Å². The molecular formula is C41H31IrN5OSi-2. The molecule has 0 fully saturated rings. The summed E-state index contributed by atoms with van der Waals surface area (Å²) in [6, 6.07) is 45.4. The van der Waals surface area contributed by atoms with Crippen molar-refractivity contribution in [2.75, 3.05) is 0 Å². The molecule has 9 aromatic rings. The van der Waals surface area contributed by atoms with Crippen molar-refractivity contribution in [3.05, 3.63) is 146 Å². The molecule has 9 rings (SSSR count). The van der Waals surface area contributed by atoms with Crippen molar-refractivity contribution in [3.63, 3.8) is 0 Å². The summed E-state index contributed by atoms with van der Waals surface area (Å²) in [6.45, 7) is 7.00. The Bertz CT molecular complexity index is 2540. The van der Waals surface area contributed by atoms with Gasteiger partial charge in [0, 0.05) is 55.2 Å². The van der Waals surface area contributed by atoms with Crippen LogP contribution in [0.5, 0.6) is 0 Å². The van der Waals surface area contributed by atoms with Crippen LogP contribution in [0.25, 0.3) is 72.3 Å². The largest absolute Gasteiger partial charge is 0.500 e. The van der Waals surface area contributed by atoms with Gasteiger partial charge >= 0.3 is 0 Å². The van der Waals surface area contributed by atoms with E-state index in [1.165, 1.54) is 5.19 Å². The van der Waals surface area contributed by atoms with E-state index in [1.54, 1.807) is 12.4 Å². The molecule has 0 aliphatic heterocycles. The third-order valence-electron chi connectivity index (χ3n) is 8.47. The first-order valence-corrected chi connectivity index (χ1v) is 19.4. The van der Waals surface area contributed by atoms with Crippen LogP contribution in [0.2, 0.25) is 19.6 Å². The molecule has 4 aromatic heterocycles. The number of fused-ring (bicyclic) bond motifs is 6. The quantitative estimate of drug-likeness (QED) is 0.131. The molecule has 0 amide bonds. The number of rotatable bonds is 4. The number of hydrogen-bond acceptors (Lipinski definition) is 5. The molecule has 0 saturated carbocycles. The predicted octanol–water partition coefficient (Wildman–Crippen LogP) is 9.43. The Balaban J connectivity index is 0.000000189. The van der Waals surface area contributed by atoms with Gasteiger partial charge in [-0.3, -0.25) is 4.98 Å². The summed E-state index contributed by atoms with van der Waals surface area (Å²) >= 11 is 0. The zero-order valence-corrected chi connectivity index (χ0v) is 30.6. The van der Waals surface area contributed by atoms with Gasteiger partial charge in [0.1, 0.15) is 5.58 Å². The molecule has 0 bridgehead atoms. The number of nitrogens with zero attached hydrogens (tertiary/aromatic N) is 5. The normalized spacial score (nSPS) is 11.4. The van der Waals surface area contributed by atoms with E-state index < -0.39 is 8.07 Å². The summed E-state index contributed by atoms with van der Waals surface area (Å²) in [6.07, 6.45) is 5.36. The van der Waals surface area contributed by atoms with Crippen LogP contribution >= 0.6 is 0 Å². The van der Waals surface area contributed by atoms with Crippen LogP contribution in [0.4, 0.5) is 0 Å². The molecule has 8 heteroatoms. The summed E-state index contributed by atoms with van der Waals surface area (Å²) in [5.41, 5.74) is 6.71. The Labute approximate surface area is 298 Å². The Hall–Kier alpha value is -5.27. The summed E-state index contributed by atoms with van der Waals surface area (Å²) in [4.78, 5) is 18.4. The third kappa shape index (κ3) is 6.11. The third-order valence-corrected chi connectivity index (χ3v) is 10.5. The van der Waals surface area contributed by atoms with Gasteiger partial charge in [-0.05, 0) is 28.4 Å². The second kappa shape index (κ2) is 13.3. The van der Waals surface area contributed by atoms with Crippen molar-refractivity contribution in [2.45, 2.75) is 19.6 Å². The molecule has 6 nitrogen and oxygen atoms in total. The number of aromatic nitrogens is 5. The molecule has 49 heavy (non-hydrogen) atoms. The van der Waals surface area contributed by atoms with Crippen molar-refractivity contribution < 1.29 is 24.5 Å². The molecule has 0 aliphatic carbocycles. The van der Waals surface area contributed by atoms with E-state index in [0.717, 1.165) is 55.2 Å². The van der Waals surface area contributed by atoms with Crippen molar-refractivity contribution >= 4 is 57.3 Å². The minimum Gasteiger partial charge on any atom is -0.500 e. The Morgan fingerprint density at radius 3 is 2.20 bits per heavy atom. The average molecular weight is 830 g/mol. The smallest absolute Gasteiger partial charge is 0.188 e. The van der Waals surface area contributed by atoms with Crippen LogP contribution in [0, 0.1) is 12.1 Å². The molecule has 0 spiro atoms. The second-order valence-electron chi connectivity index (χ2n) is 12.6. The van der Waals surface area contributed by atoms with Gasteiger partial charge in [-0.15, -0.1) is 54.1 Å². The number of imidazole rings is 1. The van der Waals surface area contributed by atoms with Crippen molar-refractivity contribution in [1.82, 2.24) is 24.5 Å². The number of pyridine rings is 1. The summed E-state index contributed by atoms with van der Waals surface area (Å²) < 4.78 is 8.53. The molecule has 241 valence electrons. The molecule has 1 radical (unpaired) electrons. The van der Waals surface area contributed by atoms with Crippen molar-refractivity contribution in [1.29, 1.82) is 0 Å². The molecule has 0 saturated heterocycles. The van der Waals surface area contributed by atoms with Crippen LogP contribution in [-0.2, 0) is 20.1 Å². The van der Waals surface area contributed by atoms with Gasteiger partial charge in [-0.1, -0.05) is 97.3 Å². The number of furan rings is 1. The molecule has 0 N–H and O–H groups in total. The Kier molecular flexibility index (Phi) is 8.78. The van der Waals surface area contributed by atoms with Gasteiger partial charge in [-0.25, -0.2) is 9.97 Å². The summed E-state index contributed by atoms with van der Waals surface area (Å²) in [7, 11) is -1.23. The monoisotopic (exact) mass is 830 g/mol. The van der Waals surface area contributed by atoms with Gasteiger partial charge in [0.15, 0.2) is 11.3 Å². The van der Waals surface area contributed by atoms with Crippen molar-refractivity contribution in [2.24, 2.45) is 0 Å². The predicted molar refractivity (Wildman–Crippen MR) is 197 cm³/mol. The topological polar surface area (TPSA) is 69.6 Å². The van der Waals surface area contributed by atoms with Crippen LogP contribution in [-0.4, -0.2) is 32.6 Å². The van der Waals surface area contributed by atoms with E-state index in [4.69, 9.17) is 9.40 Å². The van der Waals surface area contributed by atoms with Gasteiger partial charge in [0.2, 0.25) is 0 Å². The second-order valence-corrected chi connectivity index (χ2v) is 17.7. The molecule has 0 unspecified atom stereocenters. The SMILES string of the molecule is C[Si](C)(C)c1ccc(-c2[c-]cccc2)nc1.[Ir].[c-]1ccc2c(oc3c4ccccc4ccc23)c1-c1nc2nccnc2n1-c1ccccc1. The Morgan fingerprint density at radius 1 is 0.653 bits per heavy atom. The summed E-state index contributed by atoms with van der Waals surface area (Å²) in [5, 5.41) is 5.74. The van der Waals surface area contributed by atoms with Crippen LogP contribution < -0.4 is 5.19 Å². The zero-order chi connectivity index (χ0) is 32.7. The minimum atomic E-state index is -1.23. The van der Waals surface area contributed by atoms with Gasteiger partial charge < -0.3 is 14.0 Å². The van der Waals surface area contributed by atoms with Crippen molar-refractivity contribution in [3.8, 4) is 28.3 Å². The fraction of sp³-hybridized carbons (Fsp3) is 0.0732. The first kappa shape index (κ1) is 32.3. The number of para-hydroxylation sites is 1. The van der Waals surface area contributed by atoms with E-state index in [-0.39, 0.29) is 20.1 Å². The van der Waals surface area contributed by atoms with Crippen LogP contribution in [0.15, 0.2) is 138 Å². The van der Waals surface area contributed by atoms with E-state index in [0.29, 0.717) is 17.1 Å². The van der Waals surface area contributed by atoms with E-state index in [9.17, 15) is 0 Å². The molecular weight excluding hydrogens is 799 g/mol. The zero-order valence-electron chi connectivity index (χ0n) is 27.2. The molecule has 5 aromatic carbocycles. The first-order chi connectivity index (χ1) is 23.5. The standard InChI is InChI=1S/C27H15N4O.C14H16NSi.Ir/c1-2-8-18(9-3-1)31-26(30-25-27(31)29-16-15-28-25)22-12-6-11-20-21-14-13-17-7-4-5-10-19(17)23(21)32-24(20)22;1-16(2,3)13-9-10-14(15-11-13)12-7-5-4-6-8-12;/h1-11,13-16H;4-7,9-11H,1-3H3;/q2*-1;. The maximum Gasteiger partial charge on any atom is 0.188 e. The molecule has 0 atom stereocenters. The minimum absolute atomic E-state index is 0. The summed E-state index contributed by atoms with van der Waals surface area (Å²) in [5.74, 6) is 0.700. The number of hydrogen-bond donors (Lipinski definition) is 0. The number of benzene rings is 5. The van der Waals surface area contributed by atoms with Gasteiger partial charge in [-0.2, -0.15) is 0 Å². The van der Waals surface area contributed by atoms with Gasteiger partial charge in [0.05, 0.1) is 19.5 Å². The Morgan fingerprint density at radius 2 is 1.43 bits per heavy atom. The molecule has 0 aliphatic rings.